The van der Waals surface area contributed by atoms with E-state index in [1.807, 2.05) is 6.92 Å². The van der Waals surface area contributed by atoms with Gasteiger partial charge in [-0.3, -0.25) is 4.79 Å². The summed E-state index contributed by atoms with van der Waals surface area (Å²) in [6.07, 6.45) is -0.308. The molecule has 1 atom stereocenters. The van der Waals surface area contributed by atoms with Gasteiger partial charge in [0.2, 0.25) is 0 Å². The van der Waals surface area contributed by atoms with Crippen molar-refractivity contribution >= 4 is 17.6 Å². The number of ether oxygens (including phenoxy) is 2. The summed E-state index contributed by atoms with van der Waals surface area (Å²) in [6, 6.07) is 11.9. The Balaban J connectivity index is 2.05. The van der Waals surface area contributed by atoms with E-state index < -0.39 is 12.1 Å². The molecule has 0 aliphatic rings. The Bertz CT molecular complexity index is 730. The molecular formula is C19H20FNO4. The Morgan fingerprint density at radius 1 is 1.12 bits per heavy atom. The molecule has 0 unspecified atom stereocenters. The first-order valence-electron chi connectivity index (χ1n) is 8.03. The van der Waals surface area contributed by atoms with Crippen molar-refractivity contribution in [3.63, 3.8) is 0 Å². The summed E-state index contributed by atoms with van der Waals surface area (Å²) in [5.41, 5.74) is 0.823. The summed E-state index contributed by atoms with van der Waals surface area (Å²) in [5, 5.41) is 2.72. The number of benzene rings is 2. The zero-order chi connectivity index (χ0) is 18.2. The van der Waals surface area contributed by atoms with Crippen molar-refractivity contribution in [1.82, 2.24) is 0 Å². The fourth-order valence-electron chi connectivity index (χ4n) is 2.16. The summed E-state index contributed by atoms with van der Waals surface area (Å²) >= 11 is 0. The van der Waals surface area contributed by atoms with Crippen LogP contribution in [0.3, 0.4) is 0 Å². The van der Waals surface area contributed by atoms with Gasteiger partial charge in [0, 0.05) is 5.69 Å². The monoisotopic (exact) mass is 345 g/mol. The minimum absolute atomic E-state index is 0.277. The van der Waals surface area contributed by atoms with Crippen molar-refractivity contribution in [1.29, 1.82) is 0 Å². The first-order chi connectivity index (χ1) is 12.0. The number of carbonyl (C=O) groups is 2. The van der Waals surface area contributed by atoms with Gasteiger partial charge in [0.05, 0.1) is 12.2 Å². The van der Waals surface area contributed by atoms with Crippen molar-refractivity contribution in [2.24, 2.45) is 0 Å². The van der Waals surface area contributed by atoms with Crippen LogP contribution < -0.4 is 10.1 Å². The number of rotatable bonds is 7. The third-order valence-electron chi connectivity index (χ3n) is 3.40. The zero-order valence-electron chi connectivity index (χ0n) is 14.1. The lowest BCUT2D eigenvalue weighted by atomic mass is 10.2. The maximum Gasteiger partial charge on any atom is 0.338 e. The van der Waals surface area contributed by atoms with Gasteiger partial charge >= 0.3 is 5.97 Å². The topological polar surface area (TPSA) is 64.6 Å². The standard InChI is InChI=1S/C19H20FNO4/c1-3-17(25-16-10-8-14(20)9-11-16)18(22)21-15-7-5-6-13(12-15)19(23)24-4-2/h5-12,17H,3-4H2,1-2H3,(H,21,22)/t17-/m1/s1. The Hall–Kier alpha value is -2.89. The third-order valence-corrected chi connectivity index (χ3v) is 3.40. The Kier molecular flexibility index (Phi) is 6.51. The highest BCUT2D eigenvalue weighted by Gasteiger charge is 2.19. The molecule has 6 heteroatoms. The van der Waals surface area contributed by atoms with Gasteiger partial charge in [-0.2, -0.15) is 0 Å². The van der Waals surface area contributed by atoms with Crippen LogP contribution in [0.25, 0.3) is 0 Å². The maximum atomic E-state index is 12.9. The van der Waals surface area contributed by atoms with Gasteiger partial charge in [-0.15, -0.1) is 0 Å². The van der Waals surface area contributed by atoms with Gasteiger partial charge in [0.15, 0.2) is 6.10 Å². The molecule has 0 aliphatic heterocycles. The SMILES string of the molecule is CCOC(=O)c1cccc(NC(=O)[C@@H](CC)Oc2ccc(F)cc2)c1. The van der Waals surface area contributed by atoms with Crippen LogP contribution in [-0.4, -0.2) is 24.6 Å². The molecule has 0 aliphatic carbocycles. The molecule has 25 heavy (non-hydrogen) atoms. The van der Waals surface area contributed by atoms with Gasteiger partial charge in [-0.05, 0) is 55.8 Å². The lowest BCUT2D eigenvalue weighted by Gasteiger charge is -2.17. The van der Waals surface area contributed by atoms with Crippen LogP contribution in [0.15, 0.2) is 48.5 Å². The van der Waals surface area contributed by atoms with E-state index >= 15 is 0 Å². The van der Waals surface area contributed by atoms with Crippen molar-refractivity contribution in [2.45, 2.75) is 26.4 Å². The van der Waals surface area contributed by atoms with Crippen LogP contribution in [-0.2, 0) is 9.53 Å². The Morgan fingerprint density at radius 3 is 2.48 bits per heavy atom. The molecule has 2 aromatic rings. The van der Waals surface area contributed by atoms with E-state index in [4.69, 9.17) is 9.47 Å². The van der Waals surface area contributed by atoms with Crippen LogP contribution in [0, 0.1) is 5.82 Å². The minimum Gasteiger partial charge on any atom is -0.481 e. The molecule has 2 aromatic carbocycles. The molecule has 132 valence electrons. The van der Waals surface area contributed by atoms with Crippen molar-refractivity contribution < 1.29 is 23.5 Å². The van der Waals surface area contributed by atoms with Crippen LogP contribution in [0.1, 0.15) is 30.6 Å². The van der Waals surface area contributed by atoms with Crippen molar-refractivity contribution in [2.75, 3.05) is 11.9 Å². The van der Waals surface area contributed by atoms with E-state index in [2.05, 4.69) is 5.32 Å². The average Bonchev–Trinajstić information content (AvgIpc) is 2.61. The summed E-state index contributed by atoms with van der Waals surface area (Å²) in [4.78, 5) is 24.1. The largest absolute Gasteiger partial charge is 0.481 e. The summed E-state index contributed by atoms with van der Waals surface area (Å²) < 4.78 is 23.5. The zero-order valence-corrected chi connectivity index (χ0v) is 14.1. The van der Waals surface area contributed by atoms with E-state index in [9.17, 15) is 14.0 Å². The number of nitrogens with one attached hydrogen (secondary N) is 1. The van der Waals surface area contributed by atoms with Gasteiger partial charge in [0.25, 0.3) is 5.91 Å². The maximum absolute atomic E-state index is 12.9. The number of esters is 1. The van der Waals surface area contributed by atoms with Crippen LogP contribution in [0.5, 0.6) is 5.75 Å². The average molecular weight is 345 g/mol. The number of hydrogen-bond acceptors (Lipinski definition) is 4. The van der Waals surface area contributed by atoms with E-state index in [1.165, 1.54) is 24.3 Å². The predicted octanol–water partition coefficient (Wildman–Crippen LogP) is 3.80. The highest BCUT2D eigenvalue weighted by Crippen LogP contribution is 2.17. The number of carbonyl (C=O) groups excluding carboxylic acids is 2. The molecule has 0 spiro atoms. The molecule has 0 heterocycles. The van der Waals surface area contributed by atoms with E-state index in [1.54, 1.807) is 31.2 Å². The number of amides is 1. The normalized spacial score (nSPS) is 11.5. The molecule has 0 aromatic heterocycles. The number of halogens is 1. The molecule has 0 fully saturated rings. The smallest absolute Gasteiger partial charge is 0.338 e. The van der Waals surface area contributed by atoms with Crippen LogP contribution >= 0.6 is 0 Å². The first kappa shape index (κ1) is 18.4. The van der Waals surface area contributed by atoms with Crippen molar-refractivity contribution in [3.05, 3.63) is 59.9 Å². The highest BCUT2D eigenvalue weighted by atomic mass is 19.1. The van der Waals surface area contributed by atoms with Gasteiger partial charge in [-0.25, -0.2) is 9.18 Å². The van der Waals surface area contributed by atoms with Crippen LogP contribution in [0.2, 0.25) is 0 Å². The Labute approximate surface area is 145 Å². The molecule has 1 amide bonds. The number of hydrogen-bond donors (Lipinski definition) is 1. The van der Waals surface area contributed by atoms with Gasteiger partial charge < -0.3 is 14.8 Å². The second kappa shape index (κ2) is 8.82. The Morgan fingerprint density at radius 2 is 1.84 bits per heavy atom. The molecule has 0 saturated carbocycles. The molecule has 0 bridgehead atoms. The van der Waals surface area contributed by atoms with E-state index in [0.29, 0.717) is 23.4 Å². The quantitative estimate of drug-likeness (QED) is 0.775. The first-order valence-corrected chi connectivity index (χ1v) is 8.03. The second-order valence-corrected chi connectivity index (χ2v) is 5.26. The molecule has 1 N–H and O–H groups in total. The summed E-state index contributed by atoms with van der Waals surface area (Å²) in [7, 11) is 0. The number of anilines is 1. The molecular weight excluding hydrogens is 325 g/mol. The minimum atomic E-state index is -0.739. The molecule has 5 nitrogen and oxygen atoms in total. The fraction of sp³-hybridized carbons (Fsp3) is 0.263. The van der Waals surface area contributed by atoms with E-state index in [-0.39, 0.29) is 18.3 Å². The molecule has 0 radical (unpaired) electrons. The fourth-order valence-corrected chi connectivity index (χ4v) is 2.16. The lowest BCUT2D eigenvalue weighted by molar-refractivity contribution is -0.122. The van der Waals surface area contributed by atoms with E-state index in [0.717, 1.165) is 0 Å². The summed E-state index contributed by atoms with van der Waals surface area (Å²) in [6.45, 7) is 3.81. The van der Waals surface area contributed by atoms with Gasteiger partial charge in [-0.1, -0.05) is 13.0 Å². The molecule has 2 rings (SSSR count). The predicted molar refractivity (Wildman–Crippen MR) is 92.1 cm³/mol. The van der Waals surface area contributed by atoms with Crippen molar-refractivity contribution in [3.8, 4) is 5.75 Å². The van der Waals surface area contributed by atoms with Crippen LogP contribution in [0.4, 0.5) is 10.1 Å². The third kappa shape index (κ3) is 5.31. The lowest BCUT2D eigenvalue weighted by Crippen LogP contribution is -2.32. The second-order valence-electron chi connectivity index (χ2n) is 5.26. The highest BCUT2D eigenvalue weighted by molar-refractivity contribution is 5.96. The molecule has 0 saturated heterocycles. The summed E-state index contributed by atoms with van der Waals surface area (Å²) in [5.74, 6) is -0.773. The van der Waals surface area contributed by atoms with Gasteiger partial charge in [0.1, 0.15) is 11.6 Å².